The van der Waals surface area contributed by atoms with Gasteiger partial charge in [0.2, 0.25) is 0 Å². The van der Waals surface area contributed by atoms with Gasteiger partial charge >= 0.3 is 0 Å². The Labute approximate surface area is 125 Å². The molecule has 0 bridgehead atoms. The molecule has 1 fully saturated rings. The molecule has 3 rings (SSSR count). The molecule has 0 radical (unpaired) electrons. The molecule has 0 spiro atoms. The Balaban J connectivity index is 1.86. The molecule has 0 amide bonds. The Hall–Kier alpha value is -1.87. The predicted molar refractivity (Wildman–Crippen MR) is 82.3 cm³/mol. The fourth-order valence-corrected chi connectivity index (χ4v) is 2.29. The molecule has 0 unspecified atom stereocenters. The van der Waals surface area contributed by atoms with Gasteiger partial charge in [0.1, 0.15) is 17.3 Å². The zero-order chi connectivity index (χ0) is 14.8. The third-order valence-corrected chi connectivity index (χ3v) is 4.00. The summed E-state index contributed by atoms with van der Waals surface area (Å²) >= 11 is 0. The van der Waals surface area contributed by atoms with Crippen molar-refractivity contribution in [2.75, 3.05) is 0 Å². The second-order valence-corrected chi connectivity index (χ2v) is 5.67. The van der Waals surface area contributed by atoms with Gasteiger partial charge in [0.05, 0.1) is 0 Å². The number of aryl methyl sites for hydroxylation is 1. The molecule has 2 aromatic carbocycles. The van der Waals surface area contributed by atoms with E-state index in [2.05, 4.69) is 5.32 Å². The number of rotatable bonds is 5. The number of benzene rings is 2. The van der Waals surface area contributed by atoms with Crippen LogP contribution < -0.4 is 10.1 Å². The first-order valence-corrected chi connectivity index (χ1v) is 7.40. The SMILES string of the molecule is Cc1cccc(Oc2cccc(F)c2CNC2CC2)c1C. The van der Waals surface area contributed by atoms with Crippen molar-refractivity contribution in [3.8, 4) is 11.5 Å². The molecule has 0 atom stereocenters. The highest BCUT2D eigenvalue weighted by atomic mass is 19.1. The summed E-state index contributed by atoms with van der Waals surface area (Å²) in [6.07, 6.45) is 2.36. The van der Waals surface area contributed by atoms with Crippen molar-refractivity contribution in [1.29, 1.82) is 0 Å². The predicted octanol–water partition coefficient (Wildman–Crippen LogP) is 4.49. The van der Waals surface area contributed by atoms with Crippen LogP contribution in [0.25, 0.3) is 0 Å². The Kier molecular flexibility index (Phi) is 3.93. The Bertz CT molecular complexity index is 650. The molecule has 2 nitrogen and oxygen atoms in total. The summed E-state index contributed by atoms with van der Waals surface area (Å²) in [6.45, 7) is 4.58. The maximum Gasteiger partial charge on any atom is 0.134 e. The van der Waals surface area contributed by atoms with E-state index in [1.54, 1.807) is 6.07 Å². The average molecular weight is 285 g/mol. The molecule has 1 aliphatic carbocycles. The van der Waals surface area contributed by atoms with E-state index >= 15 is 0 Å². The fraction of sp³-hybridized carbons (Fsp3) is 0.333. The number of hydrogen-bond acceptors (Lipinski definition) is 2. The van der Waals surface area contributed by atoms with Crippen LogP contribution >= 0.6 is 0 Å². The first kappa shape index (κ1) is 14.1. The largest absolute Gasteiger partial charge is 0.457 e. The van der Waals surface area contributed by atoms with E-state index in [-0.39, 0.29) is 5.82 Å². The fourth-order valence-electron chi connectivity index (χ4n) is 2.29. The van der Waals surface area contributed by atoms with Crippen LogP contribution in [0, 0.1) is 19.7 Å². The lowest BCUT2D eigenvalue weighted by atomic mass is 10.1. The molecular weight excluding hydrogens is 265 g/mol. The van der Waals surface area contributed by atoms with Crippen molar-refractivity contribution < 1.29 is 9.13 Å². The topological polar surface area (TPSA) is 21.3 Å². The molecule has 1 N–H and O–H groups in total. The number of nitrogens with one attached hydrogen (secondary N) is 1. The first-order valence-electron chi connectivity index (χ1n) is 7.40. The van der Waals surface area contributed by atoms with Crippen LogP contribution in [0.15, 0.2) is 36.4 Å². The van der Waals surface area contributed by atoms with Crippen molar-refractivity contribution in [2.24, 2.45) is 0 Å². The van der Waals surface area contributed by atoms with Gasteiger partial charge in [-0.3, -0.25) is 0 Å². The molecule has 0 aliphatic heterocycles. The molecule has 0 aromatic heterocycles. The summed E-state index contributed by atoms with van der Waals surface area (Å²) in [4.78, 5) is 0. The van der Waals surface area contributed by atoms with Crippen molar-refractivity contribution in [2.45, 2.75) is 39.3 Å². The van der Waals surface area contributed by atoms with Gasteiger partial charge in [-0.1, -0.05) is 18.2 Å². The molecule has 1 aliphatic rings. The number of hydrogen-bond donors (Lipinski definition) is 1. The highest BCUT2D eigenvalue weighted by molar-refractivity contribution is 5.44. The van der Waals surface area contributed by atoms with Gasteiger partial charge in [-0.25, -0.2) is 4.39 Å². The Morgan fingerprint density at radius 3 is 2.57 bits per heavy atom. The number of ether oxygens (including phenoxy) is 1. The second kappa shape index (κ2) is 5.86. The second-order valence-electron chi connectivity index (χ2n) is 5.67. The van der Waals surface area contributed by atoms with E-state index in [1.807, 2.05) is 38.1 Å². The summed E-state index contributed by atoms with van der Waals surface area (Å²) in [7, 11) is 0. The van der Waals surface area contributed by atoms with Crippen molar-refractivity contribution >= 4 is 0 Å². The van der Waals surface area contributed by atoms with Gasteiger partial charge < -0.3 is 10.1 Å². The van der Waals surface area contributed by atoms with Gasteiger partial charge in [-0.2, -0.15) is 0 Å². The normalized spacial score (nSPS) is 14.2. The van der Waals surface area contributed by atoms with E-state index in [4.69, 9.17) is 4.74 Å². The van der Waals surface area contributed by atoms with Gasteiger partial charge in [0, 0.05) is 18.2 Å². The molecule has 0 heterocycles. The van der Waals surface area contributed by atoms with Crippen molar-refractivity contribution in [1.82, 2.24) is 5.32 Å². The van der Waals surface area contributed by atoms with E-state index in [9.17, 15) is 4.39 Å². The molecule has 0 saturated heterocycles. The zero-order valence-electron chi connectivity index (χ0n) is 12.4. The van der Waals surface area contributed by atoms with Gasteiger partial charge in [-0.15, -0.1) is 0 Å². The standard InChI is InChI=1S/C18H20FNO/c1-12-5-3-7-17(13(12)2)21-18-8-4-6-16(19)15(18)11-20-14-9-10-14/h3-8,14,20H,9-11H2,1-2H3. The van der Waals surface area contributed by atoms with Crippen LogP contribution in [-0.4, -0.2) is 6.04 Å². The van der Waals surface area contributed by atoms with Crippen LogP contribution in [0.1, 0.15) is 29.5 Å². The first-order chi connectivity index (χ1) is 10.1. The van der Waals surface area contributed by atoms with Gasteiger partial charge in [0.25, 0.3) is 0 Å². The smallest absolute Gasteiger partial charge is 0.134 e. The summed E-state index contributed by atoms with van der Waals surface area (Å²) in [5, 5.41) is 3.35. The lowest BCUT2D eigenvalue weighted by Gasteiger charge is -2.15. The van der Waals surface area contributed by atoms with Crippen LogP contribution in [0.2, 0.25) is 0 Å². The van der Waals surface area contributed by atoms with Gasteiger partial charge in [-0.05, 0) is 56.0 Å². The summed E-state index contributed by atoms with van der Waals surface area (Å²) in [5.74, 6) is 1.16. The molecule has 1 saturated carbocycles. The van der Waals surface area contributed by atoms with E-state index < -0.39 is 0 Å². The van der Waals surface area contributed by atoms with Crippen LogP contribution in [0.3, 0.4) is 0 Å². The quantitative estimate of drug-likeness (QED) is 0.874. The van der Waals surface area contributed by atoms with Crippen molar-refractivity contribution in [3.63, 3.8) is 0 Å². The third kappa shape index (κ3) is 3.24. The maximum atomic E-state index is 14.1. The molecular formula is C18H20FNO. The summed E-state index contributed by atoms with van der Waals surface area (Å²) in [6, 6.07) is 11.5. The van der Waals surface area contributed by atoms with Gasteiger partial charge in [0.15, 0.2) is 0 Å². The van der Waals surface area contributed by atoms with E-state index in [0.717, 1.165) is 11.3 Å². The van der Waals surface area contributed by atoms with E-state index in [0.29, 0.717) is 23.9 Å². The van der Waals surface area contributed by atoms with Crippen LogP contribution in [0.4, 0.5) is 4.39 Å². The Morgan fingerprint density at radius 1 is 1.10 bits per heavy atom. The van der Waals surface area contributed by atoms with Crippen LogP contribution in [-0.2, 0) is 6.54 Å². The zero-order valence-corrected chi connectivity index (χ0v) is 12.4. The molecule has 110 valence electrons. The average Bonchev–Trinajstić information content (AvgIpc) is 3.27. The monoisotopic (exact) mass is 285 g/mol. The van der Waals surface area contributed by atoms with Crippen molar-refractivity contribution in [3.05, 3.63) is 58.9 Å². The molecule has 21 heavy (non-hydrogen) atoms. The number of halogens is 1. The molecule has 2 aromatic rings. The van der Waals surface area contributed by atoms with Crippen LogP contribution in [0.5, 0.6) is 11.5 Å². The maximum absolute atomic E-state index is 14.1. The summed E-state index contributed by atoms with van der Waals surface area (Å²) < 4.78 is 20.1. The lowest BCUT2D eigenvalue weighted by molar-refractivity contribution is 0.458. The molecule has 3 heteroatoms. The summed E-state index contributed by atoms with van der Waals surface area (Å²) in [5.41, 5.74) is 2.86. The third-order valence-electron chi connectivity index (χ3n) is 4.00. The lowest BCUT2D eigenvalue weighted by Crippen LogP contribution is -2.16. The highest BCUT2D eigenvalue weighted by Crippen LogP contribution is 2.31. The minimum Gasteiger partial charge on any atom is -0.457 e. The minimum atomic E-state index is -0.217. The minimum absolute atomic E-state index is 0.217. The highest BCUT2D eigenvalue weighted by Gasteiger charge is 2.21. The Morgan fingerprint density at radius 2 is 1.81 bits per heavy atom. The van der Waals surface area contributed by atoms with E-state index in [1.165, 1.54) is 24.5 Å².